The number of nitrogens with zero attached hydrogens (tertiary/aromatic N) is 1. The lowest BCUT2D eigenvalue weighted by Gasteiger charge is -2.24. The lowest BCUT2D eigenvalue weighted by molar-refractivity contribution is -0.144. The van der Waals surface area contributed by atoms with Crippen LogP contribution in [0, 0.1) is 18.8 Å². The van der Waals surface area contributed by atoms with Crippen molar-refractivity contribution in [3.8, 4) is 5.75 Å². The number of carbonyl (C=O) groups excluding carboxylic acids is 2. The molecule has 1 heterocycles. The molecule has 7 heteroatoms. The SMILES string of the molecule is CCOC(=O)N(CCCCOC(=O)CC(c1ccccc1)c1cc(C)ccc1OC)C1C2CNCC21. The van der Waals surface area contributed by atoms with Crippen molar-refractivity contribution in [2.45, 2.75) is 45.1 Å². The number of unbranched alkanes of at least 4 members (excludes halogenated alkanes) is 1. The molecule has 1 amide bonds. The minimum absolute atomic E-state index is 0.157. The molecule has 0 aromatic heterocycles. The number of rotatable bonds is 12. The van der Waals surface area contributed by atoms with E-state index in [1.807, 2.05) is 61.2 Å². The summed E-state index contributed by atoms with van der Waals surface area (Å²) in [5, 5.41) is 3.37. The Kier molecular flexibility index (Phi) is 8.86. The van der Waals surface area contributed by atoms with E-state index in [2.05, 4.69) is 11.4 Å². The van der Waals surface area contributed by atoms with Gasteiger partial charge in [0, 0.05) is 37.2 Å². The Labute approximate surface area is 214 Å². The van der Waals surface area contributed by atoms with Gasteiger partial charge in [0.25, 0.3) is 0 Å². The molecular formula is C29H38N2O5. The largest absolute Gasteiger partial charge is 0.496 e. The van der Waals surface area contributed by atoms with Crippen molar-refractivity contribution >= 4 is 12.1 Å². The first kappa shape index (κ1) is 26.0. The third-order valence-corrected chi connectivity index (χ3v) is 7.30. The van der Waals surface area contributed by atoms with Crippen LogP contribution in [0.2, 0.25) is 0 Å². The molecule has 1 aliphatic carbocycles. The minimum atomic E-state index is -0.238. The Hall–Kier alpha value is -3.06. The summed E-state index contributed by atoms with van der Waals surface area (Å²) < 4.78 is 16.5. The van der Waals surface area contributed by atoms with Crippen molar-refractivity contribution in [2.75, 3.05) is 40.0 Å². The zero-order chi connectivity index (χ0) is 25.5. The van der Waals surface area contributed by atoms with E-state index in [1.54, 1.807) is 7.11 Å². The maximum atomic E-state index is 12.9. The third-order valence-electron chi connectivity index (χ3n) is 7.30. The summed E-state index contributed by atoms with van der Waals surface area (Å²) >= 11 is 0. The normalized spacial score (nSPS) is 20.8. The number of nitrogens with one attached hydrogen (secondary N) is 1. The molecule has 0 spiro atoms. The predicted molar refractivity (Wildman–Crippen MR) is 138 cm³/mol. The Morgan fingerprint density at radius 2 is 1.81 bits per heavy atom. The second-order valence-electron chi connectivity index (χ2n) is 9.71. The van der Waals surface area contributed by atoms with Crippen molar-refractivity contribution in [2.24, 2.45) is 11.8 Å². The monoisotopic (exact) mass is 494 g/mol. The Morgan fingerprint density at radius 3 is 2.50 bits per heavy atom. The van der Waals surface area contributed by atoms with Crippen LogP contribution in [0.5, 0.6) is 5.75 Å². The number of esters is 1. The van der Waals surface area contributed by atoms with Crippen LogP contribution in [0.15, 0.2) is 48.5 Å². The van der Waals surface area contributed by atoms with Gasteiger partial charge in [-0.25, -0.2) is 4.79 Å². The molecule has 36 heavy (non-hydrogen) atoms. The average molecular weight is 495 g/mol. The summed E-state index contributed by atoms with van der Waals surface area (Å²) in [5.74, 6) is 1.45. The number of aryl methyl sites for hydroxylation is 1. The number of carbonyl (C=O) groups is 2. The van der Waals surface area contributed by atoms with Crippen molar-refractivity contribution in [3.05, 3.63) is 65.2 Å². The highest BCUT2D eigenvalue weighted by atomic mass is 16.6. The van der Waals surface area contributed by atoms with Gasteiger partial charge in [-0.2, -0.15) is 0 Å². The van der Waals surface area contributed by atoms with Crippen LogP contribution >= 0.6 is 0 Å². The topological polar surface area (TPSA) is 77.1 Å². The number of ether oxygens (including phenoxy) is 3. The quantitative estimate of drug-likeness (QED) is 0.345. The van der Waals surface area contributed by atoms with Crippen LogP contribution in [0.4, 0.5) is 4.79 Å². The highest BCUT2D eigenvalue weighted by Gasteiger charge is 2.57. The average Bonchev–Trinajstić information content (AvgIpc) is 3.33. The molecule has 2 aromatic rings. The van der Waals surface area contributed by atoms with E-state index in [0.29, 0.717) is 38.0 Å². The summed E-state index contributed by atoms with van der Waals surface area (Å²) in [7, 11) is 1.65. The van der Waals surface area contributed by atoms with Gasteiger partial charge in [-0.05, 0) is 50.2 Å². The van der Waals surface area contributed by atoms with E-state index in [4.69, 9.17) is 14.2 Å². The van der Waals surface area contributed by atoms with Crippen LogP contribution in [-0.2, 0) is 14.3 Å². The summed E-state index contributed by atoms with van der Waals surface area (Å²) in [6.45, 7) is 7.15. The Morgan fingerprint density at radius 1 is 1.06 bits per heavy atom. The lowest BCUT2D eigenvalue weighted by atomic mass is 9.87. The fourth-order valence-electron chi connectivity index (χ4n) is 5.43. The molecule has 4 rings (SSSR count). The molecule has 3 unspecified atom stereocenters. The molecule has 2 aliphatic rings. The van der Waals surface area contributed by atoms with Crippen molar-refractivity contribution in [1.29, 1.82) is 0 Å². The smallest absolute Gasteiger partial charge is 0.410 e. The maximum Gasteiger partial charge on any atom is 0.410 e. The van der Waals surface area contributed by atoms with E-state index in [9.17, 15) is 9.59 Å². The molecule has 7 nitrogen and oxygen atoms in total. The number of fused-ring (bicyclic) bond motifs is 1. The standard InChI is InChI=1S/C29H38N2O5/c1-4-35-29(33)31(28-24-18-30-19-25(24)28)14-8-9-15-36-27(32)17-22(21-10-6-5-7-11-21)23-16-20(2)12-13-26(23)34-3/h5-7,10-13,16,22,24-25,28,30H,4,8-9,14-15,17-19H2,1-3H3. The van der Waals surface area contributed by atoms with E-state index >= 15 is 0 Å². The fraction of sp³-hybridized carbons (Fsp3) is 0.517. The van der Waals surface area contributed by atoms with Gasteiger partial charge in [0.1, 0.15) is 5.75 Å². The van der Waals surface area contributed by atoms with Crippen LogP contribution < -0.4 is 10.1 Å². The molecule has 2 aromatic carbocycles. The van der Waals surface area contributed by atoms with Crippen molar-refractivity contribution < 1.29 is 23.8 Å². The number of methoxy groups -OCH3 is 1. The first-order chi connectivity index (χ1) is 17.5. The minimum Gasteiger partial charge on any atom is -0.496 e. The van der Waals surface area contributed by atoms with E-state index < -0.39 is 0 Å². The molecule has 0 radical (unpaired) electrons. The van der Waals surface area contributed by atoms with Gasteiger partial charge in [0.15, 0.2) is 0 Å². The second-order valence-corrected chi connectivity index (χ2v) is 9.71. The highest BCUT2D eigenvalue weighted by molar-refractivity contribution is 5.72. The summed E-state index contributed by atoms with van der Waals surface area (Å²) in [5.41, 5.74) is 3.14. The molecular weight excluding hydrogens is 456 g/mol. The number of benzene rings is 2. The van der Waals surface area contributed by atoms with Gasteiger partial charge >= 0.3 is 12.1 Å². The van der Waals surface area contributed by atoms with Gasteiger partial charge in [-0.1, -0.05) is 48.0 Å². The fourth-order valence-corrected chi connectivity index (χ4v) is 5.43. The van der Waals surface area contributed by atoms with Gasteiger partial charge in [0.05, 0.1) is 26.7 Å². The summed E-state index contributed by atoms with van der Waals surface area (Å²) in [6, 6.07) is 16.3. The Balaban J connectivity index is 1.30. The zero-order valence-corrected chi connectivity index (χ0v) is 21.6. The first-order valence-corrected chi connectivity index (χ1v) is 13.0. The molecule has 194 valence electrons. The first-order valence-electron chi connectivity index (χ1n) is 13.0. The second kappa shape index (κ2) is 12.3. The van der Waals surface area contributed by atoms with Gasteiger partial charge in [0.2, 0.25) is 0 Å². The van der Waals surface area contributed by atoms with E-state index in [-0.39, 0.29) is 30.4 Å². The molecule has 3 atom stereocenters. The van der Waals surface area contributed by atoms with Crippen LogP contribution in [-0.4, -0.2) is 63.0 Å². The summed E-state index contributed by atoms with van der Waals surface area (Å²) in [6.07, 6.45) is 1.47. The number of hydrogen-bond donors (Lipinski definition) is 1. The molecule has 1 N–H and O–H groups in total. The van der Waals surface area contributed by atoms with Crippen molar-refractivity contribution in [3.63, 3.8) is 0 Å². The Bertz CT molecular complexity index is 1020. The van der Waals surface area contributed by atoms with Crippen molar-refractivity contribution in [1.82, 2.24) is 10.2 Å². The van der Waals surface area contributed by atoms with E-state index in [1.165, 1.54) is 0 Å². The molecule has 1 saturated carbocycles. The molecule has 0 bridgehead atoms. The third kappa shape index (κ3) is 6.19. The molecule has 1 saturated heterocycles. The van der Waals surface area contributed by atoms with E-state index in [0.717, 1.165) is 42.0 Å². The zero-order valence-electron chi connectivity index (χ0n) is 21.6. The highest BCUT2D eigenvalue weighted by Crippen LogP contribution is 2.46. The van der Waals surface area contributed by atoms with Crippen LogP contribution in [0.3, 0.4) is 0 Å². The van der Waals surface area contributed by atoms with Gasteiger partial charge in [-0.3, -0.25) is 4.79 Å². The maximum absolute atomic E-state index is 12.9. The number of hydrogen-bond acceptors (Lipinski definition) is 6. The summed E-state index contributed by atoms with van der Waals surface area (Å²) in [4.78, 5) is 27.2. The van der Waals surface area contributed by atoms with Gasteiger partial charge in [-0.15, -0.1) is 0 Å². The molecule has 1 aliphatic heterocycles. The number of amides is 1. The van der Waals surface area contributed by atoms with Gasteiger partial charge < -0.3 is 24.4 Å². The molecule has 2 fully saturated rings. The predicted octanol–water partition coefficient (Wildman–Crippen LogP) is 4.53. The van der Waals surface area contributed by atoms with Crippen LogP contribution in [0.1, 0.15) is 48.8 Å². The number of piperidine rings is 1. The van der Waals surface area contributed by atoms with Crippen LogP contribution in [0.25, 0.3) is 0 Å². The lowest BCUT2D eigenvalue weighted by Crippen LogP contribution is -2.39.